The second-order valence-electron chi connectivity index (χ2n) is 3.15. The lowest BCUT2D eigenvalue weighted by molar-refractivity contribution is 0.518. The van der Waals surface area contributed by atoms with E-state index in [4.69, 9.17) is 4.42 Å². The number of anilines is 2. The summed E-state index contributed by atoms with van der Waals surface area (Å²) in [4.78, 5) is 4.10. The number of pyridine rings is 1. The van der Waals surface area contributed by atoms with Crippen LogP contribution in [0.15, 0.2) is 41.3 Å². The molecule has 2 heterocycles. The normalized spacial score (nSPS) is 9.93. The summed E-state index contributed by atoms with van der Waals surface area (Å²) in [5.74, 6) is 0.907. The Labute approximate surface area is 88.3 Å². The minimum absolute atomic E-state index is 0.668. The zero-order valence-electron chi connectivity index (χ0n) is 8.53. The minimum Gasteiger partial charge on any atom is -0.467 e. The molecule has 0 spiro atoms. The van der Waals surface area contributed by atoms with Crippen molar-refractivity contribution in [2.75, 3.05) is 17.7 Å². The number of hydrogen-bond acceptors (Lipinski definition) is 4. The first-order valence-electron chi connectivity index (χ1n) is 4.77. The van der Waals surface area contributed by atoms with Crippen LogP contribution in [0.1, 0.15) is 5.76 Å². The van der Waals surface area contributed by atoms with Crippen molar-refractivity contribution in [2.45, 2.75) is 6.54 Å². The quantitative estimate of drug-likeness (QED) is 0.800. The molecule has 2 N–H and O–H groups in total. The summed E-state index contributed by atoms with van der Waals surface area (Å²) in [7, 11) is 1.87. The molecule has 78 valence electrons. The molecule has 0 saturated heterocycles. The monoisotopic (exact) mass is 203 g/mol. The predicted octanol–water partition coefficient (Wildman–Crippen LogP) is 2.33. The van der Waals surface area contributed by atoms with Gasteiger partial charge in [0.1, 0.15) is 5.76 Å². The first-order valence-corrected chi connectivity index (χ1v) is 4.77. The highest BCUT2D eigenvalue weighted by Crippen LogP contribution is 2.13. The van der Waals surface area contributed by atoms with Crippen LogP contribution < -0.4 is 10.6 Å². The SMILES string of the molecule is CNc1cncc(NCc2ccco2)c1. The van der Waals surface area contributed by atoms with Gasteiger partial charge >= 0.3 is 0 Å². The van der Waals surface area contributed by atoms with Crippen molar-refractivity contribution in [1.29, 1.82) is 0 Å². The third-order valence-corrected chi connectivity index (χ3v) is 2.07. The third-order valence-electron chi connectivity index (χ3n) is 2.07. The van der Waals surface area contributed by atoms with Gasteiger partial charge in [0.15, 0.2) is 0 Å². The second kappa shape index (κ2) is 4.50. The van der Waals surface area contributed by atoms with Crippen LogP contribution in [-0.4, -0.2) is 12.0 Å². The third kappa shape index (κ3) is 2.49. The van der Waals surface area contributed by atoms with E-state index in [1.54, 1.807) is 18.7 Å². The van der Waals surface area contributed by atoms with E-state index in [9.17, 15) is 0 Å². The summed E-state index contributed by atoms with van der Waals surface area (Å²) in [5, 5.41) is 6.26. The smallest absolute Gasteiger partial charge is 0.122 e. The average molecular weight is 203 g/mol. The van der Waals surface area contributed by atoms with Crippen molar-refractivity contribution in [3.63, 3.8) is 0 Å². The number of nitrogens with one attached hydrogen (secondary N) is 2. The van der Waals surface area contributed by atoms with Gasteiger partial charge in [0.25, 0.3) is 0 Å². The van der Waals surface area contributed by atoms with E-state index in [1.165, 1.54) is 0 Å². The van der Waals surface area contributed by atoms with E-state index < -0.39 is 0 Å². The van der Waals surface area contributed by atoms with Gasteiger partial charge in [0.05, 0.1) is 36.6 Å². The van der Waals surface area contributed by atoms with E-state index in [0.29, 0.717) is 6.54 Å². The Balaban J connectivity index is 1.98. The maximum atomic E-state index is 5.21. The van der Waals surface area contributed by atoms with Gasteiger partial charge in [0.2, 0.25) is 0 Å². The summed E-state index contributed by atoms with van der Waals surface area (Å²) < 4.78 is 5.21. The molecule has 0 aliphatic heterocycles. The minimum atomic E-state index is 0.668. The zero-order valence-corrected chi connectivity index (χ0v) is 8.53. The molecular weight excluding hydrogens is 190 g/mol. The van der Waals surface area contributed by atoms with Crippen molar-refractivity contribution in [2.24, 2.45) is 0 Å². The highest BCUT2D eigenvalue weighted by Gasteiger charge is 1.97. The Morgan fingerprint density at radius 2 is 2.20 bits per heavy atom. The fourth-order valence-electron chi connectivity index (χ4n) is 1.28. The van der Waals surface area contributed by atoms with Crippen LogP contribution >= 0.6 is 0 Å². The van der Waals surface area contributed by atoms with Gasteiger partial charge < -0.3 is 15.1 Å². The molecule has 0 amide bonds. The van der Waals surface area contributed by atoms with Crippen LogP contribution in [0, 0.1) is 0 Å². The van der Waals surface area contributed by atoms with E-state index in [2.05, 4.69) is 15.6 Å². The molecule has 4 heteroatoms. The molecule has 0 atom stereocenters. The molecule has 0 aliphatic rings. The predicted molar refractivity (Wildman–Crippen MR) is 59.8 cm³/mol. The molecule has 0 fully saturated rings. The molecule has 0 aliphatic carbocycles. The van der Waals surface area contributed by atoms with Crippen LogP contribution in [0.4, 0.5) is 11.4 Å². The molecule has 0 unspecified atom stereocenters. The van der Waals surface area contributed by atoms with Crippen molar-refractivity contribution < 1.29 is 4.42 Å². The fraction of sp³-hybridized carbons (Fsp3) is 0.182. The summed E-state index contributed by atoms with van der Waals surface area (Å²) >= 11 is 0. The van der Waals surface area contributed by atoms with E-state index in [0.717, 1.165) is 17.1 Å². The Bertz CT molecular complexity index is 412. The molecule has 2 aromatic heterocycles. The second-order valence-corrected chi connectivity index (χ2v) is 3.15. The van der Waals surface area contributed by atoms with Crippen LogP contribution in [0.3, 0.4) is 0 Å². The van der Waals surface area contributed by atoms with Gasteiger partial charge in [-0.2, -0.15) is 0 Å². The maximum absolute atomic E-state index is 5.21. The Kier molecular flexibility index (Phi) is 2.88. The molecule has 2 aromatic rings. The zero-order chi connectivity index (χ0) is 10.5. The molecule has 2 rings (SSSR count). The largest absolute Gasteiger partial charge is 0.467 e. The lowest BCUT2D eigenvalue weighted by Crippen LogP contribution is -1.99. The van der Waals surface area contributed by atoms with Gasteiger partial charge in [0, 0.05) is 7.05 Å². The van der Waals surface area contributed by atoms with Crippen molar-refractivity contribution >= 4 is 11.4 Å². The number of aromatic nitrogens is 1. The molecule has 15 heavy (non-hydrogen) atoms. The maximum Gasteiger partial charge on any atom is 0.122 e. The number of hydrogen-bond donors (Lipinski definition) is 2. The van der Waals surface area contributed by atoms with Gasteiger partial charge in [-0.25, -0.2) is 0 Å². The standard InChI is InChI=1S/C11H13N3O/c1-12-9-5-10(7-13-6-9)14-8-11-3-2-4-15-11/h2-7,12,14H,8H2,1H3. The van der Waals surface area contributed by atoms with Crippen molar-refractivity contribution in [1.82, 2.24) is 4.98 Å². The average Bonchev–Trinajstić information content (AvgIpc) is 2.79. The van der Waals surface area contributed by atoms with E-state index in [-0.39, 0.29) is 0 Å². The number of nitrogens with zero attached hydrogens (tertiary/aromatic N) is 1. The van der Waals surface area contributed by atoms with Crippen LogP contribution in [0.2, 0.25) is 0 Å². The van der Waals surface area contributed by atoms with Crippen molar-refractivity contribution in [3.05, 3.63) is 42.6 Å². The molecule has 0 saturated carbocycles. The Morgan fingerprint density at radius 3 is 2.93 bits per heavy atom. The molecule has 4 nitrogen and oxygen atoms in total. The first kappa shape index (κ1) is 9.58. The Hall–Kier alpha value is -1.97. The van der Waals surface area contributed by atoms with Gasteiger partial charge in [-0.3, -0.25) is 4.98 Å². The summed E-state index contributed by atoms with van der Waals surface area (Å²) in [6.07, 6.45) is 5.22. The number of rotatable bonds is 4. The first-order chi connectivity index (χ1) is 7.38. The van der Waals surface area contributed by atoms with Gasteiger partial charge in [-0.15, -0.1) is 0 Å². The van der Waals surface area contributed by atoms with Gasteiger partial charge in [-0.05, 0) is 18.2 Å². The topological polar surface area (TPSA) is 50.1 Å². The van der Waals surface area contributed by atoms with Crippen LogP contribution in [0.5, 0.6) is 0 Å². The lowest BCUT2D eigenvalue weighted by Gasteiger charge is -2.05. The summed E-state index contributed by atoms with van der Waals surface area (Å²) in [6.45, 7) is 0.668. The molecule has 0 bridgehead atoms. The van der Waals surface area contributed by atoms with Crippen molar-refractivity contribution in [3.8, 4) is 0 Å². The highest BCUT2D eigenvalue weighted by molar-refractivity contribution is 5.53. The molecular formula is C11H13N3O. The summed E-state index contributed by atoms with van der Waals surface area (Å²) in [6, 6.07) is 5.80. The molecule has 0 radical (unpaired) electrons. The fourth-order valence-corrected chi connectivity index (χ4v) is 1.28. The van der Waals surface area contributed by atoms with Crippen LogP contribution in [0.25, 0.3) is 0 Å². The lowest BCUT2D eigenvalue weighted by atomic mass is 10.3. The van der Waals surface area contributed by atoms with Crippen LogP contribution in [-0.2, 0) is 6.54 Å². The van der Waals surface area contributed by atoms with E-state index in [1.807, 2.05) is 25.2 Å². The summed E-state index contributed by atoms with van der Waals surface area (Å²) in [5.41, 5.74) is 1.96. The molecule has 0 aromatic carbocycles. The van der Waals surface area contributed by atoms with Gasteiger partial charge in [-0.1, -0.05) is 0 Å². The highest BCUT2D eigenvalue weighted by atomic mass is 16.3. The number of furan rings is 1. The van der Waals surface area contributed by atoms with E-state index >= 15 is 0 Å². The Morgan fingerprint density at radius 1 is 1.33 bits per heavy atom.